The van der Waals surface area contributed by atoms with Crippen molar-refractivity contribution in [1.29, 1.82) is 0 Å². The van der Waals surface area contributed by atoms with Crippen molar-refractivity contribution in [1.82, 2.24) is 14.9 Å². The van der Waals surface area contributed by atoms with Gasteiger partial charge in [-0.1, -0.05) is 19.1 Å². The summed E-state index contributed by atoms with van der Waals surface area (Å²) in [7, 11) is 0. The van der Waals surface area contributed by atoms with E-state index in [1.807, 2.05) is 22.8 Å². The lowest BCUT2D eigenvalue weighted by Gasteiger charge is -2.46. The molecule has 0 saturated heterocycles. The van der Waals surface area contributed by atoms with Gasteiger partial charge in [0.2, 0.25) is 17.8 Å². The van der Waals surface area contributed by atoms with Crippen LogP contribution in [0, 0.1) is 18.8 Å². The predicted octanol–water partition coefficient (Wildman–Crippen LogP) is 4.36. The number of nitrogens with zero attached hydrogens (tertiary/aromatic N) is 4. The largest absolute Gasteiger partial charge is 0.347 e. The van der Waals surface area contributed by atoms with Crippen molar-refractivity contribution in [3.63, 3.8) is 0 Å². The van der Waals surface area contributed by atoms with E-state index in [0.717, 1.165) is 35.5 Å². The van der Waals surface area contributed by atoms with E-state index in [-0.39, 0.29) is 29.8 Å². The Morgan fingerprint density at radius 2 is 1.91 bits per heavy atom. The molecule has 3 aliphatic rings. The maximum atomic E-state index is 12.9. The zero-order valence-corrected chi connectivity index (χ0v) is 20.4. The Hall–Kier alpha value is -3.22. The van der Waals surface area contributed by atoms with Gasteiger partial charge in [0, 0.05) is 56.5 Å². The predicted molar refractivity (Wildman–Crippen MR) is 133 cm³/mol. The first-order valence-corrected chi connectivity index (χ1v) is 12.3. The zero-order chi connectivity index (χ0) is 24.0. The summed E-state index contributed by atoms with van der Waals surface area (Å²) in [4.78, 5) is 37.6. The van der Waals surface area contributed by atoms with Crippen LogP contribution in [0.4, 0.5) is 11.6 Å². The molecule has 7 heteroatoms. The molecule has 1 N–H and O–H groups in total. The molecule has 0 unspecified atom stereocenters. The Kier molecular flexibility index (Phi) is 5.88. The smallest absolute Gasteiger partial charge is 0.224 e. The summed E-state index contributed by atoms with van der Waals surface area (Å²) in [5, 5.41) is 3.62. The van der Waals surface area contributed by atoms with Gasteiger partial charge in [0.1, 0.15) is 0 Å². The van der Waals surface area contributed by atoms with Gasteiger partial charge in [-0.05, 0) is 67.0 Å². The van der Waals surface area contributed by atoms with Crippen LogP contribution >= 0.6 is 0 Å². The fraction of sp³-hybridized carbons (Fsp3) is 0.481. The highest BCUT2D eigenvalue weighted by Crippen LogP contribution is 2.50. The van der Waals surface area contributed by atoms with Gasteiger partial charge in [0.05, 0.1) is 6.04 Å². The minimum Gasteiger partial charge on any atom is -0.347 e. The molecule has 1 saturated carbocycles. The van der Waals surface area contributed by atoms with Crippen LogP contribution in [0.5, 0.6) is 0 Å². The third-order valence-corrected chi connectivity index (χ3v) is 7.53. The molecular formula is C27H33N5O2. The normalized spacial score (nSPS) is 24.4. The van der Waals surface area contributed by atoms with E-state index in [2.05, 4.69) is 46.5 Å². The van der Waals surface area contributed by atoms with Gasteiger partial charge in [-0.15, -0.1) is 0 Å². The Morgan fingerprint density at radius 3 is 2.53 bits per heavy atom. The molecule has 1 aliphatic carbocycles. The average molecular weight is 460 g/mol. The van der Waals surface area contributed by atoms with Crippen LogP contribution < -0.4 is 10.2 Å². The SMILES string of the molecule is CC(=O)N1CC=C(c2ccc3c(c2)[C@H](Nc2nccc(C)n2)[C@@H](C)[C@H](C2CC2)N3C(C)=O)CC1. The van der Waals surface area contributed by atoms with Crippen LogP contribution in [0.3, 0.4) is 0 Å². The number of fused-ring (bicyclic) bond motifs is 1. The standard InChI is InChI=1S/C27H33N5O2/c1-16-9-12-28-27(29-16)30-25-17(2)26(21-5-6-21)32(19(4)34)24-8-7-22(15-23(24)25)20-10-13-31(14-11-20)18(3)33/h7-10,12,15,17,21,25-26H,5-6,11,13-14H2,1-4H3,(H,28,29,30)/t17-,25-,26-/m1/s1. The van der Waals surface area contributed by atoms with E-state index in [4.69, 9.17) is 0 Å². The third kappa shape index (κ3) is 4.19. The van der Waals surface area contributed by atoms with E-state index in [9.17, 15) is 9.59 Å². The van der Waals surface area contributed by atoms with Gasteiger partial charge in [-0.25, -0.2) is 9.97 Å². The van der Waals surface area contributed by atoms with Gasteiger partial charge in [0.15, 0.2) is 0 Å². The van der Waals surface area contributed by atoms with Crippen molar-refractivity contribution >= 4 is 29.0 Å². The van der Waals surface area contributed by atoms with E-state index in [1.165, 1.54) is 18.4 Å². The quantitative estimate of drug-likeness (QED) is 0.735. The van der Waals surface area contributed by atoms with Crippen molar-refractivity contribution in [2.45, 2.75) is 59.0 Å². The Bertz CT molecular complexity index is 1160. The summed E-state index contributed by atoms with van der Waals surface area (Å²) in [5.74, 6) is 1.56. The first kappa shape index (κ1) is 22.6. The monoisotopic (exact) mass is 459 g/mol. The van der Waals surface area contributed by atoms with E-state index >= 15 is 0 Å². The number of benzene rings is 1. The number of aryl methyl sites for hydroxylation is 1. The van der Waals surface area contributed by atoms with Crippen LogP contribution in [0.15, 0.2) is 36.5 Å². The number of anilines is 2. The van der Waals surface area contributed by atoms with Gasteiger partial charge in [-0.3, -0.25) is 9.59 Å². The highest BCUT2D eigenvalue weighted by atomic mass is 16.2. The first-order chi connectivity index (χ1) is 16.3. The van der Waals surface area contributed by atoms with Gasteiger partial charge in [-0.2, -0.15) is 0 Å². The number of aromatic nitrogens is 2. The molecule has 5 rings (SSSR count). The van der Waals surface area contributed by atoms with Gasteiger partial charge < -0.3 is 15.1 Å². The number of amides is 2. The second-order valence-corrected chi connectivity index (χ2v) is 9.94. The molecule has 7 nitrogen and oxygen atoms in total. The highest BCUT2D eigenvalue weighted by molar-refractivity contribution is 5.94. The first-order valence-electron chi connectivity index (χ1n) is 12.3. The zero-order valence-electron chi connectivity index (χ0n) is 20.4. The Labute approximate surface area is 201 Å². The molecule has 1 fully saturated rings. The lowest BCUT2D eigenvalue weighted by Crippen LogP contribution is -2.51. The van der Waals surface area contributed by atoms with Gasteiger partial charge in [0.25, 0.3) is 0 Å². The maximum Gasteiger partial charge on any atom is 0.224 e. The molecule has 0 radical (unpaired) electrons. The minimum absolute atomic E-state index is 0.00383. The Morgan fingerprint density at radius 1 is 1.12 bits per heavy atom. The number of carbonyl (C=O) groups excluding carboxylic acids is 2. The van der Waals surface area contributed by atoms with Crippen molar-refractivity contribution in [2.75, 3.05) is 23.3 Å². The molecule has 34 heavy (non-hydrogen) atoms. The summed E-state index contributed by atoms with van der Waals surface area (Å²) in [6.07, 6.45) is 7.09. The molecule has 1 aromatic carbocycles. The maximum absolute atomic E-state index is 12.9. The summed E-state index contributed by atoms with van der Waals surface area (Å²) < 4.78 is 0. The topological polar surface area (TPSA) is 78.4 Å². The molecule has 2 aromatic rings. The van der Waals surface area contributed by atoms with Crippen LogP contribution in [0.25, 0.3) is 5.57 Å². The second-order valence-electron chi connectivity index (χ2n) is 9.94. The Balaban J connectivity index is 1.56. The lowest BCUT2D eigenvalue weighted by molar-refractivity contribution is -0.128. The van der Waals surface area contributed by atoms with Crippen LogP contribution in [0.2, 0.25) is 0 Å². The summed E-state index contributed by atoms with van der Waals surface area (Å²) in [6, 6.07) is 8.52. The van der Waals surface area contributed by atoms with Crippen molar-refractivity contribution < 1.29 is 9.59 Å². The third-order valence-electron chi connectivity index (χ3n) is 7.53. The number of hydrogen-bond acceptors (Lipinski definition) is 5. The number of hydrogen-bond donors (Lipinski definition) is 1. The van der Waals surface area contributed by atoms with E-state index < -0.39 is 0 Å². The van der Waals surface area contributed by atoms with Gasteiger partial charge >= 0.3 is 0 Å². The molecule has 2 aliphatic heterocycles. The fourth-order valence-corrected chi connectivity index (χ4v) is 5.64. The summed E-state index contributed by atoms with van der Waals surface area (Å²) in [6.45, 7) is 8.88. The van der Waals surface area contributed by atoms with Crippen molar-refractivity contribution in [2.24, 2.45) is 11.8 Å². The number of rotatable bonds is 4. The minimum atomic E-state index is -0.00383. The molecular weight excluding hydrogens is 426 g/mol. The second kappa shape index (κ2) is 8.85. The molecule has 0 bridgehead atoms. The molecule has 3 heterocycles. The van der Waals surface area contributed by atoms with Crippen molar-refractivity contribution in [3.05, 3.63) is 53.4 Å². The molecule has 2 amide bonds. The fourth-order valence-electron chi connectivity index (χ4n) is 5.64. The summed E-state index contributed by atoms with van der Waals surface area (Å²) in [5.41, 5.74) is 5.41. The number of carbonyl (C=O) groups is 2. The molecule has 0 spiro atoms. The number of nitrogens with one attached hydrogen (secondary N) is 1. The summed E-state index contributed by atoms with van der Waals surface area (Å²) >= 11 is 0. The molecule has 3 atom stereocenters. The van der Waals surface area contributed by atoms with E-state index in [1.54, 1.807) is 20.0 Å². The van der Waals surface area contributed by atoms with Crippen LogP contribution in [-0.4, -0.2) is 45.8 Å². The van der Waals surface area contributed by atoms with Crippen LogP contribution in [0.1, 0.15) is 62.9 Å². The molecule has 178 valence electrons. The highest BCUT2D eigenvalue weighted by Gasteiger charge is 2.47. The van der Waals surface area contributed by atoms with Crippen molar-refractivity contribution in [3.8, 4) is 0 Å². The molecule has 1 aromatic heterocycles. The lowest BCUT2D eigenvalue weighted by atomic mass is 9.79. The van der Waals surface area contributed by atoms with Crippen LogP contribution in [-0.2, 0) is 9.59 Å². The average Bonchev–Trinajstić information content (AvgIpc) is 3.65. The van der Waals surface area contributed by atoms with E-state index in [0.29, 0.717) is 18.4 Å².